The van der Waals surface area contributed by atoms with Crippen LogP contribution in [0.25, 0.3) is 98.5 Å². The molecule has 0 fully saturated rings. The van der Waals surface area contributed by atoms with Crippen LogP contribution in [-0.4, -0.2) is 15.0 Å². The second kappa shape index (κ2) is 11.6. The Labute approximate surface area is 292 Å². The van der Waals surface area contributed by atoms with Crippen molar-refractivity contribution < 1.29 is 4.42 Å². The van der Waals surface area contributed by atoms with E-state index in [1.165, 1.54) is 31.3 Å². The van der Waals surface area contributed by atoms with E-state index in [9.17, 15) is 0 Å². The van der Waals surface area contributed by atoms with Crippen molar-refractivity contribution in [2.75, 3.05) is 0 Å². The standard InChI is InChI=1S/C45H27N3OS/c1-4-14-28(15-5-1)36-26-31(27-39-41(36)33-20-10-11-25-38(33)50-39)32-21-13-24-37-40(32)34-22-12-23-35(42(34)49-37)45-47-43(29-16-6-2-7-17-29)46-44(48-45)30-18-8-3-9-19-30/h1-27H. The van der Waals surface area contributed by atoms with Crippen LogP contribution in [0.3, 0.4) is 0 Å². The Morgan fingerprint density at radius 1 is 0.380 bits per heavy atom. The van der Waals surface area contributed by atoms with E-state index >= 15 is 0 Å². The van der Waals surface area contributed by atoms with Gasteiger partial charge in [-0.05, 0) is 52.6 Å². The van der Waals surface area contributed by atoms with Crippen molar-refractivity contribution in [3.8, 4) is 56.4 Å². The van der Waals surface area contributed by atoms with Crippen LogP contribution in [0.2, 0.25) is 0 Å². The maximum atomic E-state index is 6.74. The molecule has 0 spiro atoms. The molecule has 0 atom stereocenters. The minimum absolute atomic E-state index is 0.571. The molecule has 3 aromatic heterocycles. The summed E-state index contributed by atoms with van der Waals surface area (Å²) in [6.45, 7) is 0. The highest BCUT2D eigenvalue weighted by molar-refractivity contribution is 7.26. The number of furan rings is 1. The normalized spacial score (nSPS) is 11.6. The van der Waals surface area contributed by atoms with Crippen molar-refractivity contribution in [3.63, 3.8) is 0 Å². The molecule has 0 aliphatic rings. The first kappa shape index (κ1) is 28.6. The average Bonchev–Trinajstić information content (AvgIpc) is 3.77. The summed E-state index contributed by atoms with van der Waals surface area (Å²) in [7, 11) is 0. The Morgan fingerprint density at radius 2 is 0.960 bits per heavy atom. The molecule has 7 aromatic carbocycles. The number of hydrogen-bond donors (Lipinski definition) is 0. The first-order chi connectivity index (χ1) is 24.8. The van der Waals surface area contributed by atoms with Crippen molar-refractivity contribution in [1.82, 2.24) is 15.0 Å². The van der Waals surface area contributed by atoms with Crippen LogP contribution in [0, 0.1) is 0 Å². The fourth-order valence-corrected chi connectivity index (χ4v) is 8.22. The van der Waals surface area contributed by atoms with E-state index in [1.807, 2.05) is 78.1 Å². The van der Waals surface area contributed by atoms with Gasteiger partial charge >= 0.3 is 0 Å². The van der Waals surface area contributed by atoms with E-state index in [0.717, 1.165) is 49.8 Å². The molecule has 4 nitrogen and oxygen atoms in total. The summed E-state index contributed by atoms with van der Waals surface area (Å²) in [5.41, 5.74) is 8.97. The van der Waals surface area contributed by atoms with Gasteiger partial charge in [-0.1, -0.05) is 133 Å². The summed E-state index contributed by atoms with van der Waals surface area (Å²) in [5.74, 6) is 1.81. The van der Waals surface area contributed by atoms with Gasteiger partial charge in [-0.3, -0.25) is 0 Å². The molecule has 234 valence electrons. The largest absolute Gasteiger partial charge is 0.455 e. The van der Waals surface area contributed by atoms with E-state index in [2.05, 4.69) is 97.1 Å². The average molecular weight is 658 g/mol. The molecule has 50 heavy (non-hydrogen) atoms. The summed E-state index contributed by atoms with van der Waals surface area (Å²) in [6.07, 6.45) is 0. The fraction of sp³-hybridized carbons (Fsp3) is 0. The quantitative estimate of drug-likeness (QED) is 0.185. The van der Waals surface area contributed by atoms with Gasteiger partial charge < -0.3 is 4.42 Å². The molecule has 0 radical (unpaired) electrons. The highest BCUT2D eigenvalue weighted by Crippen LogP contribution is 2.45. The maximum absolute atomic E-state index is 6.74. The first-order valence-corrected chi connectivity index (χ1v) is 17.4. The van der Waals surface area contributed by atoms with Crippen molar-refractivity contribution >= 4 is 53.4 Å². The molecule has 0 unspecified atom stereocenters. The van der Waals surface area contributed by atoms with Crippen LogP contribution in [-0.2, 0) is 0 Å². The third-order valence-electron chi connectivity index (χ3n) is 9.34. The summed E-state index contributed by atoms with van der Waals surface area (Å²) in [4.78, 5) is 14.9. The fourth-order valence-electron chi connectivity index (χ4n) is 7.05. The minimum Gasteiger partial charge on any atom is -0.455 e. The Kier molecular flexibility index (Phi) is 6.64. The number of nitrogens with zero attached hydrogens (tertiary/aromatic N) is 3. The Bertz CT molecular complexity index is 2800. The molecule has 0 aliphatic heterocycles. The van der Waals surface area contributed by atoms with Crippen LogP contribution in [0.5, 0.6) is 0 Å². The summed E-state index contributed by atoms with van der Waals surface area (Å²) in [6, 6.07) is 56.8. The number of benzene rings is 7. The smallest absolute Gasteiger partial charge is 0.167 e. The van der Waals surface area contributed by atoms with Crippen LogP contribution >= 0.6 is 11.3 Å². The molecular formula is C45H27N3OS. The van der Waals surface area contributed by atoms with Gasteiger partial charge in [0.05, 0.1) is 5.56 Å². The Hall–Kier alpha value is -6.43. The monoisotopic (exact) mass is 657 g/mol. The van der Waals surface area contributed by atoms with E-state index in [0.29, 0.717) is 17.5 Å². The highest BCUT2D eigenvalue weighted by atomic mass is 32.1. The van der Waals surface area contributed by atoms with E-state index in [1.54, 1.807) is 0 Å². The van der Waals surface area contributed by atoms with Crippen molar-refractivity contribution in [1.29, 1.82) is 0 Å². The lowest BCUT2D eigenvalue weighted by Crippen LogP contribution is -2.00. The van der Waals surface area contributed by atoms with E-state index in [-0.39, 0.29) is 0 Å². The number of hydrogen-bond acceptors (Lipinski definition) is 5. The van der Waals surface area contributed by atoms with Gasteiger partial charge in [0.2, 0.25) is 0 Å². The lowest BCUT2D eigenvalue weighted by Gasteiger charge is -2.11. The zero-order valence-corrected chi connectivity index (χ0v) is 27.6. The summed E-state index contributed by atoms with van der Waals surface area (Å²) in [5, 5.41) is 4.68. The van der Waals surface area contributed by atoms with E-state index < -0.39 is 0 Å². The van der Waals surface area contributed by atoms with Crippen LogP contribution in [0.1, 0.15) is 0 Å². The number of aromatic nitrogens is 3. The third-order valence-corrected chi connectivity index (χ3v) is 10.5. The van der Waals surface area contributed by atoms with Gasteiger partial charge in [0.15, 0.2) is 17.5 Å². The van der Waals surface area contributed by atoms with Gasteiger partial charge in [-0.2, -0.15) is 0 Å². The summed E-state index contributed by atoms with van der Waals surface area (Å²) >= 11 is 1.84. The number of thiophene rings is 1. The lowest BCUT2D eigenvalue weighted by atomic mass is 9.92. The van der Waals surface area contributed by atoms with Crippen molar-refractivity contribution in [3.05, 3.63) is 164 Å². The molecule has 10 rings (SSSR count). The van der Waals surface area contributed by atoms with Gasteiger partial charge in [-0.25, -0.2) is 15.0 Å². The Balaban J connectivity index is 1.21. The SMILES string of the molecule is c1ccc(-c2nc(-c3ccccc3)nc(-c3cccc4c3oc3cccc(-c5cc(-c6ccccc6)c6c(c5)sc5ccccc56)c34)n2)cc1. The second-order valence-electron chi connectivity index (χ2n) is 12.4. The van der Waals surface area contributed by atoms with Gasteiger partial charge in [0.25, 0.3) is 0 Å². The molecule has 10 aromatic rings. The lowest BCUT2D eigenvalue weighted by molar-refractivity contribution is 0.669. The zero-order chi connectivity index (χ0) is 33.0. The summed E-state index contributed by atoms with van der Waals surface area (Å²) < 4.78 is 9.30. The zero-order valence-electron chi connectivity index (χ0n) is 26.7. The van der Waals surface area contributed by atoms with Crippen molar-refractivity contribution in [2.45, 2.75) is 0 Å². The molecule has 0 amide bonds. The molecular weight excluding hydrogens is 631 g/mol. The molecule has 0 saturated carbocycles. The number of fused-ring (bicyclic) bond motifs is 6. The maximum Gasteiger partial charge on any atom is 0.167 e. The molecule has 0 saturated heterocycles. The first-order valence-electron chi connectivity index (χ1n) is 16.6. The van der Waals surface area contributed by atoms with Crippen LogP contribution < -0.4 is 0 Å². The van der Waals surface area contributed by atoms with E-state index in [4.69, 9.17) is 19.4 Å². The number of rotatable bonds is 5. The van der Waals surface area contributed by atoms with Gasteiger partial charge in [0.1, 0.15) is 11.2 Å². The predicted molar refractivity (Wildman–Crippen MR) is 207 cm³/mol. The Morgan fingerprint density at radius 3 is 1.68 bits per heavy atom. The molecule has 3 heterocycles. The second-order valence-corrected chi connectivity index (χ2v) is 13.4. The van der Waals surface area contributed by atoms with Gasteiger partial charge in [-0.15, -0.1) is 11.3 Å². The number of para-hydroxylation sites is 1. The molecule has 5 heteroatoms. The van der Waals surface area contributed by atoms with Crippen molar-refractivity contribution in [2.24, 2.45) is 0 Å². The molecule has 0 bridgehead atoms. The van der Waals surface area contributed by atoms with Crippen LogP contribution in [0.4, 0.5) is 0 Å². The third kappa shape index (κ3) is 4.71. The van der Waals surface area contributed by atoms with Crippen LogP contribution in [0.15, 0.2) is 168 Å². The highest BCUT2D eigenvalue weighted by Gasteiger charge is 2.21. The topological polar surface area (TPSA) is 51.8 Å². The molecule has 0 aliphatic carbocycles. The predicted octanol–water partition coefficient (Wildman–Crippen LogP) is 12.5. The molecule has 0 N–H and O–H groups in total. The minimum atomic E-state index is 0.571. The van der Waals surface area contributed by atoms with Gasteiger partial charge in [0, 0.05) is 42.1 Å².